The number of carboxylic acid groups (broad SMARTS) is 1. The van der Waals surface area contributed by atoms with E-state index in [1.165, 1.54) is 55.6 Å². The van der Waals surface area contributed by atoms with E-state index >= 15 is 0 Å². The van der Waals surface area contributed by atoms with E-state index in [0.717, 1.165) is 135 Å². The molecule has 5 aliphatic heterocycles. The van der Waals surface area contributed by atoms with Crippen LogP contribution < -0.4 is 26.2 Å². The average molecular weight is 850 g/mol. The summed E-state index contributed by atoms with van der Waals surface area (Å²) in [6.07, 6.45) is 8.99. The minimum atomic E-state index is -0.660. The van der Waals surface area contributed by atoms with Crippen LogP contribution in [0.3, 0.4) is 0 Å². The van der Waals surface area contributed by atoms with Gasteiger partial charge in [-0.3, -0.25) is 14.5 Å². The molecule has 5 heterocycles. The molecular weight excluding hydrogens is 767 g/mol. The smallest absolute Gasteiger partial charge is 0.303 e. The number of piperazine rings is 2. The number of nitrogens with one attached hydrogen (secondary N) is 4. The fourth-order valence-electron chi connectivity index (χ4n) is 8.92. The van der Waals surface area contributed by atoms with Gasteiger partial charge in [0, 0.05) is 84.0 Å². The number of hydrogen-bond donors (Lipinski definition) is 6. The largest absolute Gasteiger partial charge is 0.481 e. The number of anilines is 1. The van der Waals surface area contributed by atoms with Gasteiger partial charge in [-0.25, -0.2) is 0 Å². The summed E-state index contributed by atoms with van der Waals surface area (Å²) in [5, 5.41) is 32.0. The van der Waals surface area contributed by atoms with Gasteiger partial charge < -0.3 is 51.1 Å². The molecule has 344 valence electrons. The third kappa shape index (κ3) is 19.8. The van der Waals surface area contributed by atoms with Crippen LogP contribution in [0.2, 0.25) is 0 Å². The zero-order chi connectivity index (χ0) is 43.8. The molecule has 0 aromatic heterocycles. The predicted octanol–water partition coefficient (Wildman–Crippen LogP) is 4.05. The van der Waals surface area contributed by atoms with Crippen LogP contribution in [0.4, 0.5) is 5.69 Å². The first kappa shape index (κ1) is 50.5. The maximum atomic E-state index is 11.2. The number of aliphatic hydroxyl groups excluding tert-OH is 1. The van der Waals surface area contributed by atoms with Gasteiger partial charge >= 0.3 is 5.97 Å². The number of aliphatic hydroxyl groups is 1. The molecule has 0 bridgehead atoms. The number of hydrogen-bond acceptors (Lipinski definition) is 11. The number of nitrogens with zero attached hydrogens (tertiary/aromatic N) is 5. The normalized spacial score (nSPS) is 20.1. The summed E-state index contributed by atoms with van der Waals surface area (Å²) in [6.45, 7) is 18.5. The lowest BCUT2D eigenvalue weighted by Crippen LogP contribution is -2.53. The Kier molecular flexibility index (Phi) is 23.6. The number of carbonyl (C=O) groups is 2. The number of carbonyl (C=O) groups excluding carboxylic acids is 1. The second-order valence-corrected chi connectivity index (χ2v) is 18.1. The third-order valence-electron chi connectivity index (χ3n) is 12.6. The Morgan fingerprint density at radius 3 is 1.75 bits per heavy atom. The fourth-order valence-corrected chi connectivity index (χ4v) is 8.92. The number of aliphatic carboxylic acids is 1. The van der Waals surface area contributed by atoms with E-state index in [1.807, 2.05) is 4.90 Å². The van der Waals surface area contributed by atoms with E-state index in [0.29, 0.717) is 12.3 Å². The summed E-state index contributed by atoms with van der Waals surface area (Å²) in [5.41, 5.74) is 5.21. The van der Waals surface area contributed by atoms with Crippen molar-refractivity contribution in [2.75, 3.05) is 131 Å². The summed E-state index contributed by atoms with van der Waals surface area (Å²) in [7, 11) is 8.35. The van der Waals surface area contributed by atoms with Gasteiger partial charge in [0.05, 0.1) is 6.10 Å². The van der Waals surface area contributed by atoms with Crippen LogP contribution in [0.25, 0.3) is 0 Å². The van der Waals surface area contributed by atoms with Crippen molar-refractivity contribution < 1.29 is 19.8 Å². The Hall–Kier alpha value is -3.14. The molecule has 5 fully saturated rings. The second kappa shape index (κ2) is 28.5. The van der Waals surface area contributed by atoms with Crippen LogP contribution in [0, 0.1) is 5.92 Å². The molecule has 0 aliphatic carbocycles. The molecular formula is C48H83N9O4. The number of benzene rings is 2. The van der Waals surface area contributed by atoms with Crippen LogP contribution in [0.15, 0.2) is 48.5 Å². The molecule has 6 N–H and O–H groups in total. The number of piperidine rings is 3. The highest BCUT2D eigenvalue weighted by Gasteiger charge is 2.25. The molecule has 61 heavy (non-hydrogen) atoms. The summed E-state index contributed by atoms with van der Waals surface area (Å²) < 4.78 is 0. The molecule has 0 radical (unpaired) electrons. The molecule has 5 aliphatic rings. The van der Waals surface area contributed by atoms with Crippen LogP contribution in [-0.2, 0) is 16.1 Å². The van der Waals surface area contributed by atoms with Gasteiger partial charge in [0.25, 0.3) is 0 Å². The van der Waals surface area contributed by atoms with Crippen molar-refractivity contribution in [3.63, 3.8) is 0 Å². The SMILES string of the molecule is CC(=O)N1CCN(C2CCNCC2)CC1.CN(C)CCCC(O)c1ccc(N2CCNCC2)cc1.CN(C)Cc1ccc(C2CCNCC2)cc1.O=C(O)CC1CCNCC1. The van der Waals surface area contributed by atoms with Crippen LogP contribution in [0.5, 0.6) is 0 Å². The van der Waals surface area contributed by atoms with Crippen molar-refractivity contribution in [3.8, 4) is 0 Å². The van der Waals surface area contributed by atoms with E-state index in [1.54, 1.807) is 6.92 Å². The molecule has 5 saturated heterocycles. The summed E-state index contributed by atoms with van der Waals surface area (Å²) in [6, 6.07) is 18.3. The number of amides is 1. The molecule has 1 atom stereocenters. The van der Waals surface area contributed by atoms with Gasteiger partial charge in [0.1, 0.15) is 0 Å². The van der Waals surface area contributed by atoms with E-state index in [2.05, 4.69) is 118 Å². The van der Waals surface area contributed by atoms with Crippen molar-refractivity contribution in [2.45, 2.75) is 89.3 Å². The first-order chi connectivity index (χ1) is 29.5. The lowest BCUT2D eigenvalue weighted by Gasteiger charge is -2.40. The zero-order valence-corrected chi connectivity index (χ0v) is 38.6. The lowest BCUT2D eigenvalue weighted by atomic mass is 9.90. The summed E-state index contributed by atoms with van der Waals surface area (Å²) in [4.78, 5) is 32.7. The van der Waals surface area contributed by atoms with Crippen LogP contribution in [-0.4, -0.2) is 174 Å². The Morgan fingerprint density at radius 2 is 1.23 bits per heavy atom. The van der Waals surface area contributed by atoms with Crippen molar-refractivity contribution in [1.29, 1.82) is 0 Å². The zero-order valence-electron chi connectivity index (χ0n) is 38.6. The minimum absolute atomic E-state index is 0.222. The van der Waals surface area contributed by atoms with E-state index in [4.69, 9.17) is 5.11 Å². The Bertz CT molecular complexity index is 1460. The summed E-state index contributed by atoms with van der Waals surface area (Å²) >= 11 is 0. The highest BCUT2D eigenvalue weighted by Crippen LogP contribution is 2.26. The maximum Gasteiger partial charge on any atom is 0.303 e. The fraction of sp³-hybridized carbons (Fsp3) is 0.708. The molecule has 13 nitrogen and oxygen atoms in total. The second-order valence-electron chi connectivity index (χ2n) is 18.1. The van der Waals surface area contributed by atoms with Crippen LogP contribution in [0.1, 0.15) is 93.4 Å². The molecule has 0 spiro atoms. The Balaban J connectivity index is 0.000000184. The predicted molar refractivity (Wildman–Crippen MR) is 251 cm³/mol. The van der Waals surface area contributed by atoms with Gasteiger partial charge in [-0.1, -0.05) is 36.4 Å². The van der Waals surface area contributed by atoms with Gasteiger partial charge in [-0.2, -0.15) is 0 Å². The molecule has 2 aromatic carbocycles. The van der Waals surface area contributed by atoms with Gasteiger partial charge in [-0.05, 0) is 166 Å². The van der Waals surface area contributed by atoms with Crippen molar-refractivity contribution in [3.05, 3.63) is 65.2 Å². The number of rotatable bonds is 12. The average Bonchev–Trinajstić information content (AvgIpc) is 3.28. The third-order valence-corrected chi connectivity index (χ3v) is 12.6. The highest BCUT2D eigenvalue weighted by molar-refractivity contribution is 5.73. The molecule has 1 unspecified atom stereocenters. The lowest BCUT2D eigenvalue weighted by molar-refractivity contribution is -0.138. The van der Waals surface area contributed by atoms with Gasteiger partial charge in [0.2, 0.25) is 5.91 Å². The van der Waals surface area contributed by atoms with Gasteiger partial charge in [0.15, 0.2) is 0 Å². The maximum absolute atomic E-state index is 11.2. The van der Waals surface area contributed by atoms with E-state index in [9.17, 15) is 14.7 Å². The first-order valence-electron chi connectivity index (χ1n) is 23.4. The van der Waals surface area contributed by atoms with Crippen molar-refractivity contribution in [1.82, 2.24) is 40.9 Å². The van der Waals surface area contributed by atoms with Crippen molar-refractivity contribution in [2.24, 2.45) is 5.92 Å². The highest BCUT2D eigenvalue weighted by atomic mass is 16.4. The number of carboxylic acids is 1. The Morgan fingerprint density at radius 1 is 0.689 bits per heavy atom. The molecule has 13 heteroatoms. The topological polar surface area (TPSA) is 139 Å². The molecule has 2 aromatic rings. The monoisotopic (exact) mass is 850 g/mol. The van der Waals surface area contributed by atoms with Gasteiger partial charge in [-0.15, -0.1) is 0 Å². The molecule has 0 saturated carbocycles. The van der Waals surface area contributed by atoms with E-state index in [-0.39, 0.29) is 12.0 Å². The first-order valence-corrected chi connectivity index (χ1v) is 23.4. The standard InChI is InChI=1S/C16H27N3O.C14H22N2.C11H21N3O.C7H13NO2/c1-18(2)11-3-4-16(20)14-5-7-15(8-6-14)19-12-9-17-10-13-19;1-16(2)11-12-3-5-13(6-4-12)14-7-9-15-10-8-14;1-10(15)13-6-8-14(9-7-13)11-2-4-12-5-3-11;9-7(10)5-6-1-3-8-4-2-6/h5-8,16-17,20H,3-4,9-13H2,1-2H3;3-6,14-15H,7-11H2,1-2H3;11-12H,2-9H2,1H3;6,8H,1-5H2,(H,9,10). The Labute approximate surface area is 369 Å². The quantitative estimate of drug-likeness (QED) is 0.184. The van der Waals surface area contributed by atoms with Crippen molar-refractivity contribution >= 4 is 17.6 Å². The summed E-state index contributed by atoms with van der Waals surface area (Å²) in [5.74, 6) is 0.750. The van der Waals surface area contributed by atoms with Crippen LogP contribution >= 0.6 is 0 Å². The molecule has 1 amide bonds. The minimum Gasteiger partial charge on any atom is -0.481 e. The van der Waals surface area contributed by atoms with E-state index < -0.39 is 5.97 Å². The molecule has 7 rings (SSSR count).